The highest BCUT2D eigenvalue weighted by molar-refractivity contribution is 5.78. The van der Waals surface area contributed by atoms with Crippen molar-refractivity contribution >= 4 is 11.9 Å². The average molecular weight is 439 g/mol. The number of aromatic nitrogens is 4. The maximum absolute atomic E-state index is 12.3. The van der Waals surface area contributed by atoms with Gasteiger partial charge in [-0.1, -0.05) is 0 Å². The van der Waals surface area contributed by atoms with Crippen LogP contribution in [-0.2, 0) is 29.1 Å². The van der Waals surface area contributed by atoms with Crippen molar-refractivity contribution in [2.24, 2.45) is 5.92 Å². The van der Waals surface area contributed by atoms with Crippen molar-refractivity contribution in [2.45, 2.75) is 32.1 Å². The second kappa shape index (κ2) is 9.49. The molecule has 1 unspecified atom stereocenters. The number of furan rings is 1. The van der Waals surface area contributed by atoms with Gasteiger partial charge in [0.25, 0.3) is 0 Å². The average Bonchev–Trinajstić information content (AvgIpc) is 3.47. The van der Waals surface area contributed by atoms with Gasteiger partial charge in [0.05, 0.1) is 25.3 Å². The molecule has 166 valence electrons. The number of hydrogen-bond acceptors (Lipinski definition) is 5. The van der Waals surface area contributed by atoms with E-state index in [0.29, 0.717) is 19.5 Å². The first-order valence-corrected chi connectivity index (χ1v) is 9.37. The van der Waals surface area contributed by atoms with Crippen molar-refractivity contribution in [1.29, 1.82) is 0 Å². The van der Waals surface area contributed by atoms with Crippen LogP contribution >= 0.6 is 0 Å². The molecule has 0 radical (unpaired) electrons. The Balaban J connectivity index is 0.000000339. The van der Waals surface area contributed by atoms with E-state index in [-0.39, 0.29) is 11.8 Å². The zero-order chi connectivity index (χ0) is 22.4. The lowest BCUT2D eigenvalue weighted by atomic mass is 9.97. The molecule has 1 amide bonds. The summed E-state index contributed by atoms with van der Waals surface area (Å²) in [6.45, 7) is 2.07. The Hall–Kier alpha value is -3.57. The summed E-state index contributed by atoms with van der Waals surface area (Å²) in [7, 11) is 0. The van der Waals surface area contributed by atoms with E-state index in [4.69, 9.17) is 14.3 Å². The molecule has 0 saturated heterocycles. The standard InChI is InChI=1S/C17H19N5O2.C2HF3O2/c23-17(13-1-5-21-6-3-18-16(21)9-13)19-4-7-22-11-15(10-20-22)14-2-8-24-12-14;3-2(4,5)1(6)7/h2-3,6,8,10-13H,1,4-5,7,9H2,(H,19,23);(H,6,7). The summed E-state index contributed by atoms with van der Waals surface area (Å²) >= 11 is 0. The van der Waals surface area contributed by atoms with Gasteiger partial charge < -0.3 is 19.4 Å². The minimum atomic E-state index is -5.08. The predicted molar refractivity (Wildman–Crippen MR) is 101 cm³/mol. The summed E-state index contributed by atoms with van der Waals surface area (Å²) in [6.07, 6.45) is 7.34. The number of nitrogens with one attached hydrogen (secondary N) is 1. The Morgan fingerprint density at radius 2 is 2.10 bits per heavy atom. The molecule has 0 fully saturated rings. The summed E-state index contributed by atoms with van der Waals surface area (Å²) in [5, 5.41) is 14.5. The number of amides is 1. The number of carboxylic acid groups (broad SMARTS) is 1. The van der Waals surface area contributed by atoms with E-state index < -0.39 is 12.1 Å². The lowest BCUT2D eigenvalue weighted by Gasteiger charge is -2.22. The van der Waals surface area contributed by atoms with Crippen molar-refractivity contribution < 1.29 is 32.3 Å². The van der Waals surface area contributed by atoms with Gasteiger partial charge in [-0.2, -0.15) is 18.3 Å². The first-order chi connectivity index (χ1) is 14.7. The van der Waals surface area contributed by atoms with Gasteiger partial charge in [-0.3, -0.25) is 9.48 Å². The van der Waals surface area contributed by atoms with Gasteiger partial charge in [0, 0.05) is 55.1 Å². The van der Waals surface area contributed by atoms with Crippen LogP contribution in [-0.4, -0.2) is 49.0 Å². The van der Waals surface area contributed by atoms with Crippen LogP contribution < -0.4 is 5.32 Å². The van der Waals surface area contributed by atoms with Crippen molar-refractivity contribution in [3.05, 3.63) is 49.2 Å². The Morgan fingerprint density at radius 1 is 1.32 bits per heavy atom. The van der Waals surface area contributed by atoms with Crippen LogP contribution in [0.5, 0.6) is 0 Å². The van der Waals surface area contributed by atoms with E-state index in [1.165, 1.54) is 0 Å². The van der Waals surface area contributed by atoms with Gasteiger partial charge >= 0.3 is 12.1 Å². The fourth-order valence-corrected chi connectivity index (χ4v) is 3.08. The number of carbonyl (C=O) groups excluding carboxylic acids is 1. The molecule has 9 nitrogen and oxygen atoms in total. The molecule has 1 atom stereocenters. The van der Waals surface area contributed by atoms with Gasteiger partial charge in [0.15, 0.2) is 0 Å². The van der Waals surface area contributed by atoms with E-state index in [2.05, 4.69) is 20.0 Å². The molecule has 2 N–H and O–H groups in total. The maximum atomic E-state index is 12.3. The molecule has 0 spiro atoms. The number of rotatable bonds is 5. The van der Waals surface area contributed by atoms with Crippen LogP contribution in [0.3, 0.4) is 0 Å². The maximum Gasteiger partial charge on any atom is 0.490 e. The highest BCUT2D eigenvalue weighted by atomic mass is 19.4. The SMILES string of the molecule is O=C(NCCn1cc(-c2ccoc2)cn1)C1CCn2ccnc2C1.O=C(O)C(F)(F)F. The summed E-state index contributed by atoms with van der Waals surface area (Å²) in [4.78, 5) is 25.5. The molecular formula is C19H20F3N5O4. The molecule has 12 heteroatoms. The highest BCUT2D eigenvalue weighted by Gasteiger charge is 2.38. The molecule has 0 saturated carbocycles. The summed E-state index contributed by atoms with van der Waals surface area (Å²) in [5.41, 5.74) is 2.01. The van der Waals surface area contributed by atoms with Crippen LogP contribution in [0.25, 0.3) is 11.1 Å². The minimum Gasteiger partial charge on any atom is -0.475 e. The van der Waals surface area contributed by atoms with Crippen molar-refractivity contribution in [1.82, 2.24) is 24.6 Å². The van der Waals surface area contributed by atoms with Crippen LogP contribution in [0.15, 0.2) is 47.8 Å². The summed E-state index contributed by atoms with van der Waals surface area (Å²) < 4.78 is 40.8. The summed E-state index contributed by atoms with van der Waals surface area (Å²) in [5.74, 6) is -1.64. The molecule has 4 rings (SSSR count). The van der Waals surface area contributed by atoms with Crippen LogP contribution in [0.2, 0.25) is 0 Å². The number of carbonyl (C=O) groups is 2. The van der Waals surface area contributed by atoms with Crippen molar-refractivity contribution in [2.75, 3.05) is 6.54 Å². The Labute approximate surface area is 174 Å². The molecule has 3 aromatic rings. The molecule has 3 aromatic heterocycles. The third kappa shape index (κ3) is 5.96. The van der Waals surface area contributed by atoms with Crippen LogP contribution in [0.1, 0.15) is 12.2 Å². The topological polar surface area (TPSA) is 115 Å². The molecule has 0 aliphatic carbocycles. The lowest BCUT2D eigenvalue weighted by molar-refractivity contribution is -0.192. The third-order valence-electron chi connectivity index (χ3n) is 4.69. The minimum absolute atomic E-state index is 0.0130. The van der Waals surface area contributed by atoms with Crippen LogP contribution in [0, 0.1) is 5.92 Å². The first kappa shape index (κ1) is 22.1. The fourth-order valence-electron chi connectivity index (χ4n) is 3.08. The molecular weight excluding hydrogens is 419 g/mol. The van der Waals surface area contributed by atoms with Gasteiger partial charge in [-0.15, -0.1) is 0 Å². The smallest absolute Gasteiger partial charge is 0.475 e. The number of fused-ring (bicyclic) bond motifs is 1. The third-order valence-corrected chi connectivity index (χ3v) is 4.69. The number of hydrogen-bond donors (Lipinski definition) is 2. The monoisotopic (exact) mass is 439 g/mol. The number of carboxylic acids is 1. The van der Waals surface area contributed by atoms with E-state index in [1.54, 1.807) is 24.9 Å². The highest BCUT2D eigenvalue weighted by Crippen LogP contribution is 2.20. The predicted octanol–water partition coefficient (Wildman–Crippen LogP) is 2.35. The first-order valence-electron chi connectivity index (χ1n) is 9.37. The molecule has 4 heterocycles. The molecule has 1 aliphatic rings. The van der Waals surface area contributed by atoms with Crippen LogP contribution in [0.4, 0.5) is 13.2 Å². The number of aryl methyl sites for hydroxylation is 1. The number of alkyl halides is 3. The largest absolute Gasteiger partial charge is 0.490 e. The zero-order valence-electron chi connectivity index (χ0n) is 16.2. The molecule has 31 heavy (non-hydrogen) atoms. The Morgan fingerprint density at radius 3 is 2.77 bits per heavy atom. The second-order valence-electron chi connectivity index (χ2n) is 6.82. The van der Waals surface area contributed by atoms with Crippen molar-refractivity contribution in [3.8, 4) is 11.1 Å². The Kier molecular flexibility index (Phi) is 6.78. The number of aliphatic carboxylic acids is 1. The van der Waals surface area contributed by atoms with E-state index in [9.17, 15) is 18.0 Å². The van der Waals surface area contributed by atoms with Gasteiger partial charge in [0.2, 0.25) is 5.91 Å². The van der Waals surface area contributed by atoms with Gasteiger partial charge in [-0.05, 0) is 12.5 Å². The van der Waals surface area contributed by atoms with E-state index in [0.717, 1.165) is 29.9 Å². The Bertz CT molecular complexity index is 1010. The second-order valence-corrected chi connectivity index (χ2v) is 6.82. The summed E-state index contributed by atoms with van der Waals surface area (Å²) in [6, 6.07) is 1.90. The number of nitrogens with zero attached hydrogens (tertiary/aromatic N) is 4. The fraction of sp³-hybridized carbons (Fsp3) is 0.368. The van der Waals surface area contributed by atoms with E-state index >= 15 is 0 Å². The normalized spacial score (nSPS) is 15.5. The molecule has 0 bridgehead atoms. The quantitative estimate of drug-likeness (QED) is 0.631. The van der Waals surface area contributed by atoms with E-state index in [1.807, 2.05) is 23.1 Å². The molecule has 1 aliphatic heterocycles. The van der Waals surface area contributed by atoms with Gasteiger partial charge in [0.1, 0.15) is 5.82 Å². The lowest BCUT2D eigenvalue weighted by Crippen LogP contribution is -2.36. The number of halogens is 3. The van der Waals surface area contributed by atoms with Crippen molar-refractivity contribution in [3.63, 3.8) is 0 Å². The number of imidazole rings is 1. The molecule has 0 aromatic carbocycles. The van der Waals surface area contributed by atoms with Gasteiger partial charge in [-0.25, -0.2) is 9.78 Å². The zero-order valence-corrected chi connectivity index (χ0v) is 16.2.